The highest BCUT2D eigenvalue weighted by Crippen LogP contribution is 2.36. The minimum atomic E-state index is -1.15. The van der Waals surface area contributed by atoms with Crippen LogP contribution in [0.25, 0.3) is 0 Å². The van der Waals surface area contributed by atoms with Crippen molar-refractivity contribution in [3.63, 3.8) is 0 Å². The molecule has 1 aliphatic heterocycles. The van der Waals surface area contributed by atoms with Gasteiger partial charge in [0, 0.05) is 19.6 Å². The summed E-state index contributed by atoms with van der Waals surface area (Å²) in [5.74, 6) is -1.49. The van der Waals surface area contributed by atoms with Crippen LogP contribution in [-0.4, -0.2) is 27.9 Å². The van der Waals surface area contributed by atoms with Gasteiger partial charge in [0.25, 0.3) is 0 Å². The molecule has 1 aromatic heterocycles. The fourth-order valence-corrected chi connectivity index (χ4v) is 3.51. The normalized spacial score (nSPS) is 20.9. The van der Waals surface area contributed by atoms with Gasteiger partial charge in [0.1, 0.15) is 5.82 Å². The number of amides is 1. The van der Waals surface area contributed by atoms with Crippen LogP contribution in [0.5, 0.6) is 0 Å². The number of aromatic nitrogens is 2. The van der Waals surface area contributed by atoms with E-state index in [9.17, 15) is 13.6 Å². The molecule has 2 N–H and O–H groups in total. The van der Waals surface area contributed by atoms with E-state index in [4.69, 9.17) is 9.84 Å². The van der Waals surface area contributed by atoms with E-state index < -0.39 is 23.8 Å². The Kier molecular flexibility index (Phi) is 5.22. The van der Waals surface area contributed by atoms with E-state index in [1.54, 1.807) is 19.4 Å². The van der Waals surface area contributed by atoms with Crippen LogP contribution in [0.15, 0.2) is 24.4 Å². The Morgan fingerprint density at radius 3 is 2.88 bits per heavy atom. The standard InChI is InChI=1S/C18H21F2N3O3/c1-10(26-2)15-8-21-17-14(22-18(24)25)7-6-11(9-23(15)17)12-4-3-5-13(19)16(12)20/h3-5,8,10-11,14,22H,6-7,9H2,1-2H3,(H,24,25)/t10?,11-,14-/m1/s1. The van der Waals surface area contributed by atoms with Crippen molar-refractivity contribution in [1.82, 2.24) is 14.9 Å². The smallest absolute Gasteiger partial charge is 0.405 e. The molecule has 0 aliphatic carbocycles. The van der Waals surface area contributed by atoms with Crippen LogP contribution in [0.3, 0.4) is 0 Å². The molecule has 26 heavy (non-hydrogen) atoms. The minimum absolute atomic E-state index is 0.266. The van der Waals surface area contributed by atoms with Gasteiger partial charge in [-0.1, -0.05) is 12.1 Å². The maximum Gasteiger partial charge on any atom is 0.405 e. The van der Waals surface area contributed by atoms with Gasteiger partial charge in [0.2, 0.25) is 0 Å². The monoisotopic (exact) mass is 365 g/mol. The summed E-state index contributed by atoms with van der Waals surface area (Å²) in [7, 11) is 1.57. The van der Waals surface area contributed by atoms with Crippen LogP contribution >= 0.6 is 0 Å². The molecule has 3 rings (SSSR count). The second-order valence-corrected chi connectivity index (χ2v) is 6.45. The number of ether oxygens (including phenoxy) is 1. The number of hydrogen-bond acceptors (Lipinski definition) is 3. The Morgan fingerprint density at radius 1 is 1.42 bits per heavy atom. The summed E-state index contributed by atoms with van der Waals surface area (Å²) < 4.78 is 35.2. The third-order valence-corrected chi connectivity index (χ3v) is 4.92. The van der Waals surface area contributed by atoms with E-state index in [-0.39, 0.29) is 17.6 Å². The Morgan fingerprint density at radius 2 is 2.19 bits per heavy atom. The van der Waals surface area contributed by atoms with Crippen LogP contribution in [0, 0.1) is 11.6 Å². The molecule has 3 atom stereocenters. The Labute approximate surface area is 149 Å². The topological polar surface area (TPSA) is 76.4 Å². The van der Waals surface area contributed by atoms with Crippen molar-refractivity contribution >= 4 is 6.09 Å². The Hall–Kier alpha value is -2.48. The first-order valence-electron chi connectivity index (χ1n) is 8.43. The summed E-state index contributed by atoms with van der Waals surface area (Å²) >= 11 is 0. The van der Waals surface area contributed by atoms with Gasteiger partial charge in [0.05, 0.1) is 24.0 Å². The third-order valence-electron chi connectivity index (χ3n) is 4.92. The first-order valence-corrected chi connectivity index (χ1v) is 8.43. The van der Waals surface area contributed by atoms with Crippen molar-refractivity contribution in [3.05, 3.63) is 53.1 Å². The molecule has 0 fully saturated rings. The van der Waals surface area contributed by atoms with Gasteiger partial charge in [-0.05, 0) is 31.4 Å². The fraction of sp³-hybridized carbons (Fsp3) is 0.444. The lowest BCUT2D eigenvalue weighted by atomic mass is 9.92. The van der Waals surface area contributed by atoms with E-state index in [0.29, 0.717) is 25.2 Å². The lowest BCUT2D eigenvalue weighted by Gasteiger charge is -2.20. The highest BCUT2D eigenvalue weighted by molar-refractivity contribution is 5.65. The molecule has 0 spiro atoms. The number of methoxy groups -OCH3 is 1. The van der Waals surface area contributed by atoms with Crippen LogP contribution in [-0.2, 0) is 11.3 Å². The average Bonchev–Trinajstić information content (AvgIpc) is 2.94. The van der Waals surface area contributed by atoms with Crippen molar-refractivity contribution in [2.45, 2.75) is 44.4 Å². The number of halogens is 2. The lowest BCUT2D eigenvalue weighted by molar-refractivity contribution is 0.112. The van der Waals surface area contributed by atoms with Crippen molar-refractivity contribution in [1.29, 1.82) is 0 Å². The largest absolute Gasteiger partial charge is 0.465 e. The maximum absolute atomic E-state index is 14.3. The molecule has 1 amide bonds. The van der Waals surface area contributed by atoms with E-state index in [2.05, 4.69) is 10.3 Å². The van der Waals surface area contributed by atoms with Gasteiger partial charge in [-0.3, -0.25) is 0 Å². The van der Waals surface area contributed by atoms with Crippen LogP contribution < -0.4 is 5.32 Å². The molecule has 8 heteroatoms. The molecule has 0 bridgehead atoms. The molecular weight excluding hydrogens is 344 g/mol. The first kappa shape index (κ1) is 18.3. The zero-order chi connectivity index (χ0) is 18.8. The van der Waals surface area contributed by atoms with Gasteiger partial charge >= 0.3 is 6.09 Å². The van der Waals surface area contributed by atoms with E-state index in [1.165, 1.54) is 6.07 Å². The zero-order valence-electron chi connectivity index (χ0n) is 14.6. The average molecular weight is 365 g/mol. The molecule has 1 aromatic carbocycles. The second kappa shape index (κ2) is 7.41. The highest BCUT2D eigenvalue weighted by atomic mass is 19.2. The number of carbonyl (C=O) groups is 1. The Balaban J connectivity index is 2.03. The van der Waals surface area contributed by atoms with Crippen molar-refractivity contribution in [2.75, 3.05) is 7.11 Å². The molecule has 0 saturated carbocycles. The molecule has 1 unspecified atom stereocenters. The first-order chi connectivity index (χ1) is 12.4. The maximum atomic E-state index is 14.3. The number of hydrogen-bond donors (Lipinski definition) is 2. The lowest BCUT2D eigenvalue weighted by Crippen LogP contribution is -2.28. The number of carboxylic acid groups (broad SMARTS) is 1. The van der Waals surface area contributed by atoms with Crippen LogP contribution in [0.4, 0.5) is 13.6 Å². The number of benzene rings is 1. The van der Waals surface area contributed by atoms with E-state index >= 15 is 0 Å². The second-order valence-electron chi connectivity index (χ2n) is 6.45. The summed E-state index contributed by atoms with van der Waals surface area (Å²) in [5, 5.41) is 11.6. The van der Waals surface area contributed by atoms with Crippen molar-refractivity contribution < 1.29 is 23.4 Å². The third kappa shape index (κ3) is 3.41. The molecule has 0 saturated heterocycles. The van der Waals surface area contributed by atoms with Gasteiger partial charge in [-0.25, -0.2) is 18.6 Å². The predicted molar refractivity (Wildman–Crippen MR) is 89.9 cm³/mol. The molecule has 140 valence electrons. The number of imidazole rings is 1. The van der Waals surface area contributed by atoms with Gasteiger partial charge in [-0.2, -0.15) is 0 Å². The summed E-state index contributed by atoms with van der Waals surface area (Å²) in [6, 6.07) is 3.63. The molecule has 6 nitrogen and oxygen atoms in total. The summed E-state index contributed by atoms with van der Waals surface area (Å²) in [6.45, 7) is 2.23. The fourth-order valence-electron chi connectivity index (χ4n) is 3.51. The molecule has 1 aliphatic rings. The minimum Gasteiger partial charge on any atom is -0.465 e. The highest BCUT2D eigenvalue weighted by Gasteiger charge is 2.31. The quantitative estimate of drug-likeness (QED) is 0.865. The SMILES string of the molecule is COC(C)c1cnc2n1C[C@H](c1cccc(F)c1F)CC[C@H]2NC(=O)O. The summed E-state index contributed by atoms with van der Waals surface area (Å²) in [4.78, 5) is 15.5. The van der Waals surface area contributed by atoms with Gasteiger partial charge in [0.15, 0.2) is 11.6 Å². The van der Waals surface area contributed by atoms with Gasteiger partial charge in [-0.15, -0.1) is 0 Å². The molecular formula is C18H21F2N3O3. The number of fused-ring (bicyclic) bond motifs is 1. The van der Waals surface area contributed by atoms with Crippen LogP contribution in [0.2, 0.25) is 0 Å². The number of nitrogens with zero attached hydrogens (tertiary/aromatic N) is 2. The summed E-state index contributed by atoms with van der Waals surface area (Å²) in [6.07, 6.45) is 1.16. The molecule has 2 aromatic rings. The number of rotatable bonds is 4. The van der Waals surface area contributed by atoms with Crippen molar-refractivity contribution in [3.8, 4) is 0 Å². The zero-order valence-corrected chi connectivity index (χ0v) is 14.6. The van der Waals surface area contributed by atoms with Gasteiger partial charge < -0.3 is 19.7 Å². The van der Waals surface area contributed by atoms with E-state index in [1.807, 2.05) is 11.5 Å². The Bertz CT molecular complexity index is 809. The molecule has 2 heterocycles. The van der Waals surface area contributed by atoms with Crippen LogP contribution in [0.1, 0.15) is 54.9 Å². The number of nitrogens with one attached hydrogen (secondary N) is 1. The van der Waals surface area contributed by atoms with Crippen molar-refractivity contribution in [2.24, 2.45) is 0 Å². The predicted octanol–water partition coefficient (Wildman–Crippen LogP) is 3.76. The van der Waals surface area contributed by atoms with E-state index in [0.717, 1.165) is 11.8 Å². The summed E-state index contributed by atoms with van der Waals surface area (Å²) in [5.41, 5.74) is 1.06. The molecule has 0 radical (unpaired) electrons.